The SMILES string of the molecule is CCCCCSc1nnc2c(n1)OC(c1ccc(N(CC)CC)cc1)Nc1ccc(Br)cc1-2. The van der Waals surface area contributed by atoms with E-state index >= 15 is 0 Å². The molecule has 0 saturated heterocycles. The van der Waals surface area contributed by atoms with E-state index in [9.17, 15) is 0 Å². The Balaban J connectivity index is 1.66. The van der Waals surface area contributed by atoms with Crippen molar-refractivity contribution in [1.29, 1.82) is 0 Å². The highest BCUT2D eigenvalue weighted by molar-refractivity contribution is 9.10. The molecule has 1 aliphatic rings. The molecule has 0 bridgehead atoms. The van der Waals surface area contributed by atoms with Gasteiger partial charge in [0.05, 0.1) is 0 Å². The van der Waals surface area contributed by atoms with Crippen LogP contribution in [-0.2, 0) is 0 Å². The van der Waals surface area contributed by atoms with Gasteiger partial charge in [-0.15, -0.1) is 10.2 Å². The van der Waals surface area contributed by atoms with Crippen LogP contribution in [-0.4, -0.2) is 34.0 Å². The number of halogens is 1. The molecule has 174 valence electrons. The van der Waals surface area contributed by atoms with Crippen molar-refractivity contribution < 1.29 is 4.74 Å². The lowest BCUT2D eigenvalue weighted by molar-refractivity contribution is 0.225. The van der Waals surface area contributed by atoms with Crippen molar-refractivity contribution in [2.75, 3.05) is 29.1 Å². The third kappa shape index (κ3) is 5.61. The average Bonchev–Trinajstić information content (AvgIpc) is 2.99. The van der Waals surface area contributed by atoms with E-state index in [4.69, 9.17) is 9.72 Å². The summed E-state index contributed by atoms with van der Waals surface area (Å²) in [5.41, 5.74) is 4.75. The quantitative estimate of drug-likeness (QED) is 0.239. The molecule has 0 amide bonds. The van der Waals surface area contributed by atoms with Crippen LogP contribution in [0.5, 0.6) is 5.88 Å². The molecule has 0 aliphatic carbocycles. The topological polar surface area (TPSA) is 63.2 Å². The standard InChI is InChI=1S/C25H30BrN5OS/c1-4-7-8-15-33-25-28-24-22(29-30-25)20-16-18(26)11-14-21(20)27-23(32-24)17-9-12-19(13-10-17)31(5-2)6-3/h9-14,16,23,27H,4-8,15H2,1-3H3. The van der Waals surface area contributed by atoms with E-state index in [0.29, 0.717) is 16.7 Å². The molecule has 2 heterocycles. The third-order valence-corrected chi connectivity index (χ3v) is 7.11. The Bertz CT molecular complexity index is 1070. The van der Waals surface area contributed by atoms with Gasteiger partial charge in [-0.25, -0.2) is 0 Å². The van der Waals surface area contributed by atoms with E-state index in [-0.39, 0.29) is 6.23 Å². The number of rotatable bonds is 9. The van der Waals surface area contributed by atoms with Crippen LogP contribution in [0.2, 0.25) is 0 Å². The zero-order chi connectivity index (χ0) is 23.2. The third-order valence-electron chi connectivity index (χ3n) is 5.69. The van der Waals surface area contributed by atoms with Crippen molar-refractivity contribution in [2.45, 2.75) is 51.4 Å². The Morgan fingerprint density at radius 3 is 2.55 bits per heavy atom. The summed E-state index contributed by atoms with van der Waals surface area (Å²) >= 11 is 5.21. The molecule has 3 aromatic rings. The number of aromatic nitrogens is 3. The lowest BCUT2D eigenvalue weighted by Crippen LogP contribution is -2.22. The van der Waals surface area contributed by atoms with E-state index in [1.807, 2.05) is 18.2 Å². The van der Waals surface area contributed by atoms with Gasteiger partial charge in [0.2, 0.25) is 11.0 Å². The second-order valence-electron chi connectivity index (χ2n) is 7.90. The predicted molar refractivity (Wildman–Crippen MR) is 140 cm³/mol. The van der Waals surface area contributed by atoms with Gasteiger partial charge in [0, 0.05) is 45.8 Å². The fraction of sp³-hybridized carbons (Fsp3) is 0.400. The summed E-state index contributed by atoms with van der Waals surface area (Å²) in [6, 6.07) is 14.6. The Morgan fingerprint density at radius 2 is 1.82 bits per heavy atom. The Hall–Kier alpha value is -2.32. The molecule has 6 nitrogen and oxygen atoms in total. The molecule has 1 N–H and O–H groups in total. The molecular formula is C25H30BrN5OS. The molecule has 0 radical (unpaired) electrons. The summed E-state index contributed by atoms with van der Waals surface area (Å²) in [5.74, 6) is 1.48. The molecule has 33 heavy (non-hydrogen) atoms. The molecular weight excluding hydrogens is 498 g/mol. The van der Waals surface area contributed by atoms with Crippen LogP contribution in [0.3, 0.4) is 0 Å². The van der Waals surface area contributed by atoms with Gasteiger partial charge < -0.3 is 15.0 Å². The Kier molecular flexibility index (Phi) is 8.09. The zero-order valence-electron chi connectivity index (χ0n) is 19.3. The molecule has 1 aliphatic heterocycles. The van der Waals surface area contributed by atoms with Crippen LogP contribution in [0.15, 0.2) is 52.1 Å². The van der Waals surface area contributed by atoms with Crippen molar-refractivity contribution in [3.63, 3.8) is 0 Å². The van der Waals surface area contributed by atoms with Crippen LogP contribution in [0, 0.1) is 0 Å². The van der Waals surface area contributed by atoms with Gasteiger partial charge in [-0.05, 0) is 50.6 Å². The number of ether oxygens (including phenoxy) is 1. The minimum Gasteiger partial charge on any atom is -0.448 e. The van der Waals surface area contributed by atoms with E-state index < -0.39 is 0 Å². The number of anilines is 2. The average molecular weight is 529 g/mol. The minimum absolute atomic E-state index is 0.383. The summed E-state index contributed by atoms with van der Waals surface area (Å²) in [5, 5.41) is 13.1. The van der Waals surface area contributed by atoms with Crippen molar-refractivity contribution in [1.82, 2.24) is 15.2 Å². The first kappa shape index (κ1) is 23.8. The summed E-state index contributed by atoms with van der Waals surface area (Å²) in [6.45, 7) is 8.50. The first-order chi connectivity index (χ1) is 16.1. The van der Waals surface area contributed by atoms with E-state index in [0.717, 1.165) is 46.6 Å². The highest BCUT2D eigenvalue weighted by atomic mass is 79.9. The van der Waals surface area contributed by atoms with Gasteiger partial charge in [0.15, 0.2) is 11.9 Å². The summed E-state index contributed by atoms with van der Waals surface area (Å²) < 4.78 is 7.39. The molecule has 0 saturated carbocycles. The van der Waals surface area contributed by atoms with Crippen molar-refractivity contribution >= 4 is 39.1 Å². The fourth-order valence-corrected chi connectivity index (χ4v) is 4.98. The summed E-state index contributed by atoms with van der Waals surface area (Å²) in [6.07, 6.45) is 3.16. The zero-order valence-corrected chi connectivity index (χ0v) is 21.7. The first-order valence-electron chi connectivity index (χ1n) is 11.6. The largest absolute Gasteiger partial charge is 0.448 e. The second kappa shape index (κ2) is 11.2. The Labute approximate surface area is 208 Å². The van der Waals surface area contributed by atoms with E-state index in [1.165, 1.54) is 18.5 Å². The minimum atomic E-state index is -0.383. The van der Waals surface area contributed by atoms with Gasteiger partial charge in [0.25, 0.3) is 0 Å². The van der Waals surface area contributed by atoms with Gasteiger partial charge in [0.1, 0.15) is 0 Å². The molecule has 1 atom stereocenters. The first-order valence-corrected chi connectivity index (χ1v) is 13.4. The van der Waals surface area contributed by atoms with Gasteiger partial charge in [-0.1, -0.05) is 59.6 Å². The molecule has 1 unspecified atom stereocenters. The number of benzene rings is 2. The van der Waals surface area contributed by atoms with Gasteiger partial charge in [-0.3, -0.25) is 0 Å². The van der Waals surface area contributed by atoms with Crippen molar-refractivity contribution in [3.8, 4) is 17.1 Å². The van der Waals surface area contributed by atoms with E-state index in [1.54, 1.807) is 11.8 Å². The highest BCUT2D eigenvalue weighted by Gasteiger charge is 2.26. The molecule has 0 spiro atoms. The second-order valence-corrected chi connectivity index (χ2v) is 9.88. The smallest absolute Gasteiger partial charge is 0.247 e. The molecule has 8 heteroatoms. The Morgan fingerprint density at radius 1 is 1.03 bits per heavy atom. The van der Waals surface area contributed by atoms with Crippen molar-refractivity contribution in [2.24, 2.45) is 0 Å². The number of nitrogens with zero attached hydrogens (tertiary/aromatic N) is 4. The fourth-order valence-electron chi connectivity index (χ4n) is 3.85. The van der Waals surface area contributed by atoms with Crippen LogP contribution < -0.4 is 15.0 Å². The maximum absolute atomic E-state index is 6.42. The van der Waals surface area contributed by atoms with Crippen LogP contribution >= 0.6 is 27.7 Å². The predicted octanol–water partition coefficient (Wildman–Crippen LogP) is 6.93. The molecule has 4 rings (SSSR count). The van der Waals surface area contributed by atoms with Crippen LogP contribution in [0.1, 0.15) is 51.8 Å². The molecule has 2 aromatic carbocycles. The van der Waals surface area contributed by atoms with Gasteiger partial charge in [-0.2, -0.15) is 4.98 Å². The maximum atomic E-state index is 6.42. The number of fused-ring (bicyclic) bond motifs is 3. The lowest BCUT2D eigenvalue weighted by Gasteiger charge is -2.23. The number of hydrogen-bond donors (Lipinski definition) is 1. The monoisotopic (exact) mass is 527 g/mol. The number of thioether (sulfide) groups is 1. The van der Waals surface area contributed by atoms with E-state index in [2.05, 4.69) is 81.4 Å². The molecule has 0 fully saturated rings. The van der Waals surface area contributed by atoms with Crippen molar-refractivity contribution in [3.05, 3.63) is 52.5 Å². The van der Waals surface area contributed by atoms with Crippen LogP contribution in [0.25, 0.3) is 11.3 Å². The molecule has 1 aromatic heterocycles. The lowest BCUT2D eigenvalue weighted by atomic mass is 10.1. The maximum Gasteiger partial charge on any atom is 0.247 e. The number of nitrogens with one attached hydrogen (secondary N) is 1. The summed E-state index contributed by atoms with van der Waals surface area (Å²) in [7, 11) is 0. The van der Waals surface area contributed by atoms with Crippen LogP contribution in [0.4, 0.5) is 11.4 Å². The summed E-state index contributed by atoms with van der Waals surface area (Å²) in [4.78, 5) is 7.08. The normalized spacial score (nSPS) is 14.5. The number of hydrogen-bond acceptors (Lipinski definition) is 7. The van der Waals surface area contributed by atoms with Gasteiger partial charge >= 0.3 is 0 Å². The highest BCUT2D eigenvalue weighted by Crippen LogP contribution is 2.41. The number of unbranched alkanes of at least 4 members (excludes halogenated alkanes) is 2.